The standard InChI is InChI=1S/C33H34N8O4.C7H8FN/c1-34-16-25(20-42)31(43)38-26-7-9-27(10-8-26)44-32-29-28(30(24-17-37-40(3)19-24)45-33(29)36-21-35-32)23-6-4-5-22(15-23)18-41-13-11-39(2)12-14-41;1-9-7-4-2-6(8)3-5-7/h4-10,15-17,19-21,42H,11-14,18H2,1-3H3,(H,38,43);2-5,9H,1H3/b25-20-,34-16?;. The number of hydrogen-bond donors (Lipinski definition) is 3. The van der Waals surface area contributed by atoms with Crippen LogP contribution in [0.4, 0.5) is 15.8 Å². The Balaban J connectivity index is 0.000000485. The number of aromatic nitrogens is 4. The first kappa shape index (κ1) is 37.4. The zero-order chi connectivity index (χ0) is 38.0. The summed E-state index contributed by atoms with van der Waals surface area (Å²) in [5.74, 6) is 0.769. The molecular formula is C40H42FN9O4. The predicted octanol–water partition coefficient (Wildman–Crippen LogP) is 6.78. The number of amides is 1. The Morgan fingerprint density at radius 3 is 2.41 bits per heavy atom. The Bertz CT molecular complexity index is 2240. The number of ether oxygens (including phenoxy) is 1. The molecule has 1 fully saturated rings. The minimum absolute atomic E-state index is 0.0331. The van der Waals surface area contributed by atoms with E-state index in [0.29, 0.717) is 40.4 Å². The fourth-order valence-corrected chi connectivity index (χ4v) is 5.92. The largest absolute Gasteiger partial charge is 0.515 e. The van der Waals surface area contributed by atoms with Gasteiger partial charge in [-0.05, 0) is 72.8 Å². The third-order valence-corrected chi connectivity index (χ3v) is 8.77. The van der Waals surface area contributed by atoms with Crippen molar-refractivity contribution in [2.75, 3.05) is 58.0 Å². The number of aryl methyl sites for hydroxylation is 1. The highest BCUT2D eigenvalue weighted by Gasteiger charge is 2.25. The number of likely N-dealkylation sites (N-methyl/N-ethyl adjacent to an activating group) is 1. The van der Waals surface area contributed by atoms with Crippen molar-refractivity contribution in [1.82, 2.24) is 29.5 Å². The van der Waals surface area contributed by atoms with Gasteiger partial charge in [-0.2, -0.15) is 5.10 Å². The Labute approximate surface area is 312 Å². The van der Waals surface area contributed by atoms with Crippen molar-refractivity contribution in [3.8, 4) is 34.1 Å². The first-order valence-electron chi connectivity index (χ1n) is 17.3. The van der Waals surface area contributed by atoms with Crippen molar-refractivity contribution in [3.05, 3.63) is 115 Å². The van der Waals surface area contributed by atoms with Crippen molar-refractivity contribution in [3.63, 3.8) is 0 Å². The lowest BCUT2D eigenvalue weighted by atomic mass is 9.98. The summed E-state index contributed by atoms with van der Waals surface area (Å²) in [7, 11) is 7.34. The molecule has 3 aromatic carbocycles. The van der Waals surface area contributed by atoms with Gasteiger partial charge in [0, 0.05) is 83.2 Å². The van der Waals surface area contributed by atoms with E-state index in [1.807, 2.05) is 13.2 Å². The Morgan fingerprint density at radius 1 is 1.00 bits per heavy atom. The van der Waals surface area contributed by atoms with Crippen LogP contribution in [0.5, 0.6) is 11.6 Å². The summed E-state index contributed by atoms with van der Waals surface area (Å²) in [4.78, 5) is 29.9. The number of nitrogens with zero attached hydrogens (tertiary/aromatic N) is 7. The molecule has 1 amide bonds. The van der Waals surface area contributed by atoms with Gasteiger partial charge in [0.1, 0.15) is 29.0 Å². The highest BCUT2D eigenvalue weighted by atomic mass is 19.1. The number of aliphatic hydroxyl groups is 1. The number of halogens is 1. The van der Waals surface area contributed by atoms with E-state index >= 15 is 0 Å². The van der Waals surface area contributed by atoms with E-state index in [4.69, 9.17) is 9.15 Å². The summed E-state index contributed by atoms with van der Waals surface area (Å²) in [6.45, 7) is 5.01. The fraction of sp³-hybridized carbons (Fsp3) is 0.225. The van der Waals surface area contributed by atoms with Crippen molar-refractivity contribution < 1.29 is 23.4 Å². The summed E-state index contributed by atoms with van der Waals surface area (Å²) in [6, 6.07) is 21.5. The van der Waals surface area contributed by atoms with Crippen molar-refractivity contribution in [2.45, 2.75) is 6.54 Å². The van der Waals surface area contributed by atoms with Crippen LogP contribution in [0, 0.1) is 5.82 Å². The van der Waals surface area contributed by atoms with Crippen molar-refractivity contribution in [1.29, 1.82) is 0 Å². The number of nitrogens with one attached hydrogen (secondary N) is 2. The molecule has 3 aromatic heterocycles. The maximum absolute atomic E-state index is 12.4. The molecule has 3 N–H and O–H groups in total. The van der Waals surface area contributed by atoms with E-state index in [0.717, 1.165) is 55.1 Å². The summed E-state index contributed by atoms with van der Waals surface area (Å²) in [6.07, 6.45) is 7.07. The van der Waals surface area contributed by atoms with Gasteiger partial charge in [-0.3, -0.25) is 19.4 Å². The molecule has 1 aliphatic heterocycles. The molecule has 1 aliphatic rings. The van der Waals surface area contributed by atoms with Gasteiger partial charge >= 0.3 is 0 Å². The normalized spacial score (nSPS) is 13.8. The third kappa shape index (κ3) is 9.15. The van der Waals surface area contributed by atoms with Gasteiger partial charge < -0.3 is 29.8 Å². The highest BCUT2D eigenvalue weighted by Crippen LogP contribution is 2.44. The molecule has 14 heteroatoms. The minimum Gasteiger partial charge on any atom is -0.515 e. The number of aliphatic imine (C=N–C) groups is 1. The van der Waals surface area contributed by atoms with E-state index in [-0.39, 0.29) is 11.4 Å². The van der Waals surface area contributed by atoms with Gasteiger partial charge in [-0.15, -0.1) is 0 Å². The van der Waals surface area contributed by atoms with Gasteiger partial charge in [-0.25, -0.2) is 14.4 Å². The monoisotopic (exact) mass is 731 g/mol. The summed E-state index contributed by atoms with van der Waals surface area (Å²) in [5, 5.41) is 19.9. The number of furan rings is 1. The second kappa shape index (κ2) is 17.4. The number of piperazine rings is 1. The SMILES string of the molecule is CN=C/C(=C/O)C(=O)Nc1ccc(Oc2ncnc3oc(-c4cnn(C)c4)c(-c4cccc(CN5CCN(C)CC5)c4)c23)cc1.CNc1ccc(F)cc1. The van der Waals surface area contributed by atoms with Crippen LogP contribution in [-0.4, -0.2) is 94.1 Å². The lowest BCUT2D eigenvalue weighted by molar-refractivity contribution is -0.112. The molecule has 7 rings (SSSR count). The molecule has 0 spiro atoms. The van der Waals surface area contributed by atoms with Crippen LogP contribution in [0.3, 0.4) is 0 Å². The lowest BCUT2D eigenvalue weighted by Crippen LogP contribution is -2.43. The predicted molar refractivity (Wildman–Crippen MR) is 208 cm³/mol. The van der Waals surface area contributed by atoms with E-state index in [1.54, 1.807) is 54.3 Å². The van der Waals surface area contributed by atoms with Gasteiger partial charge in [0.2, 0.25) is 11.6 Å². The second-order valence-corrected chi connectivity index (χ2v) is 12.7. The van der Waals surface area contributed by atoms with E-state index in [1.165, 1.54) is 37.3 Å². The van der Waals surface area contributed by atoms with Crippen LogP contribution in [0.25, 0.3) is 33.6 Å². The van der Waals surface area contributed by atoms with Gasteiger partial charge in [-0.1, -0.05) is 18.2 Å². The number of benzene rings is 3. The molecule has 0 atom stereocenters. The van der Waals surface area contributed by atoms with E-state index < -0.39 is 5.91 Å². The molecule has 0 bridgehead atoms. The zero-order valence-electron chi connectivity index (χ0n) is 30.5. The van der Waals surface area contributed by atoms with Crippen LogP contribution in [0.15, 0.2) is 113 Å². The second-order valence-electron chi connectivity index (χ2n) is 12.7. The number of rotatable bonds is 10. The topological polar surface area (TPSA) is 146 Å². The van der Waals surface area contributed by atoms with E-state index in [2.05, 4.69) is 71.8 Å². The van der Waals surface area contributed by atoms with Gasteiger partial charge in [0.15, 0.2) is 0 Å². The zero-order valence-corrected chi connectivity index (χ0v) is 30.5. The smallest absolute Gasteiger partial charge is 0.260 e. The van der Waals surface area contributed by atoms with E-state index in [9.17, 15) is 14.3 Å². The summed E-state index contributed by atoms with van der Waals surface area (Å²) < 4.78 is 26.6. The number of fused-ring (bicyclic) bond motifs is 1. The number of aliphatic hydroxyl groups excluding tert-OH is 1. The van der Waals surface area contributed by atoms with Gasteiger partial charge in [0.05, 0.1) is 23.6 Å². The Hall–Kier alpha value is -6.38. The average molecular weight is 732 g/mol. The minimum atomic E-state index is -0.491. The van der Waals surface area contributed by atoms with Crippen molar-refractivity contribution in [2.24, 2.45) is 12.0 Å². The number of carbonyl (C=O) groups is 1. The molecule has 0 unspecified atom stereocenters. The Morgan fingerprint density at radius 2 is 1.74 bits per heavy atom. The molecule has 4 heterocycles. The molecule has 0 radical (unpaired) electrons. The molecular weight excluding hydrogens is 689 g/mol. The molecule has 13 nitrogen and oxygen atoms in total. The fourth-order valence-electron chi connectivity index (χ4n) is 5.92. The first-order chi connectivity index (χ1) is 26.2. The quantitative estimate of drug-likeness (QED) is 0.0783. The number of anilines is 2. The molecule has 6 aromatic rings. The maximum atomic E-state index is 12.4. The molecule has 0 saturated carbocycles. The average Bonchev–Trinajstić information content (AvgIpc) is 3.80. The maximum Gasteiger partial charge on any atom is 0.260 e. The van der Waals surface area contributed by atoms with Crippen LogP contribution >= 0.6 is 0 Å². The Kier molecular flexibility index (Phi) is 12.1. The third-order valence-electron chi connectivity index (χ3n) is 8.77. The summed E-state index contributed by atoms with van der Waals surface area (Å²) >= 11 is 0. The van der Waals surface area contributed by atoms with Crippen LogP contribution in [0.1, 0.15) is 5.56 Å². The van der Waals surface area contributed by atoms with Crippen LogP contribution in [-0.2, 0) is 18.4 Å². The molecule has 278 valence electrons. The lowest BCUT2D eigenvalue weighted by Gasteiger charge is -2.32. The van der Waals surface area contributed by atoms with Crippen LogP contribution < -0.4 is 15.4 Å². The molecule has 1 saturated heterocycles. The number of hydrogen-bond acceptors (Lipinski definition) is 11. The highest BCUT2D eigenvalue weighted by molar-refractivity contribution is 6.17. The molecule has 54 heavy (non-hydrogen) atoms. The van der Waals surface area contributed by atoms with Crippen molar-refractivity contribution >= 4 is 34.6 Å². The molecule has 0 aliphatic carbocycles. The van der Waals surface area contributed by atoms with Gasteiger partial charge in [0.25, 0.3) is 5.91 Å². The summed E-state index contributed by atoms with van der Waals surface area (Å²) in [5.41, 5.74) is 5.66. The number of carbonyl (C=O) groups excluding carboxylic acids is 1. The first-order valence-corrected chi connectivity index (χ1v) is 17.3. The van der Waals surface area contributed by atoms with Crippen LogP contribution in [0.2, 0.25) is 0 Å².